The zero-order valence-electron chi connectivity index (χ0n) is 11.6. The molecular weight excluding hydrogens is 330 g/mol. The summed E-state index contributed by atoms with van der Waals surface area (Å²) < 4.78 is 16.4. The number of carbonyl (C=O) groups is 1. The quantitative estimate of drug-likeness (QED) is 0.786. The number of carboxylic acids is 1. The van der Waals surface area contributed by atoms with Crippen molar-refractivity contribution in [3.05, 3.63) is 16.1 Å². The van der Waals surface area contributed by atoms with E-state index in [1.165, 1.54) is 21.3 Å². The van der Waals surface area contributed by atoms with Crippen molar-refractivity contribution < 1.29 is 24.1 Å². The molecule has 112 valence electrons. The third kappa shape index (κ3) is 3.55. The van der Waals surface area contributed by atoms with E-state index in [0.29, 0.717) is 33.7 Å². The molecule has 0 bridgehead atoms. The van der Waals surface area contributed by atoms with Crippen molar-refractivity contribution in [1.82, 2.24) is 0 Å². The molecule has 0 fully saturated rings. The van der Waals surface area contributed by atoms with Gasteiger partial charge in [-0.25, -0.2) is 0 Å². The second kappa shape index (κ2) is 7.35. The second-order valence-corrected chi connectivity index (χ2v) is 4.87. The maximum atomic E-state index is 10.7. The maximum Gasteiger partial charge on any atom is 0.303 e. The van der Waals surface area contributed by atoms with Gasteiger partial charge in [0.05, 0.1) is 25.8 Å². The highest BCUT2D eigenvalue weighted by Gasteiger charge is 2.23. The van der Waals surface area contributed by atoms with Gasteiger partial charge < -0.3 is 25.1 Å². The minimum Gasteiger partial charge on any atom is -0.496 e. The lowest BCUT2D eigenvalue weighted by Crippen LogP contribution is -2.15. The highest BCUT2D eigenvalue weighted by atomic mass is 79.9. The van der Waals surface area contributed by atoms with Crippen LogP contribution in [0.4, 0.5) is 0 Å². The standard InChI is InChI=1S/C13H18BrNO5/c1-18-8-6-9(19-2)13(20-3)12(14)11(8)7(15)4-5-10(16)17/h6-7H,4-5,15H2,1-3H3,(H,16,17). The predicted octanol–water partition coefficient (Wildman–Crippen LogP) is 2.34. The van der Waals surface area contributed by atoms with Crippen molar-refractivity contribution in [3.8, 4) is 17.2 Å². The molecule has 0 aromatic heterocycles. The lowest BCUT2D eigenvalue weighted by atomic mass is 10.0. The van der Waals surface area contributed by atoms with Crippen molar-refractivity contribution >= 4 is 21.9 Å². The molecule has 0 spiro atoms. The van der Waals surface area contributed by atoms with E-state index in [0.717, 1.165) is 0 Å². The van der Waals surface area contributed by atoms with E-state index in [9.17, 15) is 4.79 Å². The average molecular weight is 348 g/mol. The van der Waals surface area contributed by atoms with Crippen LogP contribution in [-0.4, -0.2) is 32.4 Å². The van der Waals surface area contributed by atoms with Gasteiger partial charge in [-0.1, -0.05) is 0 Å². The number of ether oxygens (including phenoxy) is 3. The van der Waals surface area contributed by atoms with E-state index in [2.05, 4.69) is 15.9 Å². The number of carboxylic acid groups (broad SMARTS) is 1. The van der Waals surface area contributed by atoms with Crippen molar-refractivity contribution in [2.45, 2.75) is 18.9 Å². The molecule has 6 nitrogen and oxygen atoms in total. The van der Waals surface area contributed by atoms with Gasteiger partial charge in [0, 0.05) is 24.1 Å². The molecule has 1 rings (SSSR count). The average Bonchev–Trinajstić information content (AvgIpc) is 2.43. The van der Waals surface area contributed by atoms with Crippen LogP contribution < -0.4 is 19.9 Å². The molecule has 0 amide bonds. The summed E-state index contributed by atoms with van der Waals surface area (Å²) in [5.74, 6) is 0.628. The minimum absolute atomic E-state index is 0.0227. The molecule has 1 aromatic rings. The molecule has 3 N–H and O–H groups in total. The Kier molecular flexibility index (Phi) is 6.09. The molecule has 0 saturated heterocycles. The number of benzene rings is 1. The van der Waals surface area contributed by atoms with Gasteiger partial charge >= 0.3 is 5.97 Å². The molecule has 0 aliphatic carbocycles. The molecule has 1 unspecified atom stereocenters. The number of hydrogen-bond donors (Lipinski definition) is 2. The van der Waals surface area contributed by atoms with Crippen LogP contribution >= 0.6 is 15.9 Å². The van der Waals surface area contributed by atoms with E-state index >= 15 is 0 Å². The summed E-state index contributed by atoms with van der Waals surface area (Å²) in [6.07, 6.45) is 0.269. The Hall–Kier alpha value is -1.47. The van der Waals surface area contributed by atoms with Crippen molar-refractivity contribution in [2.75, 3.05) is 21.3 Å². The fraction of sp³-hybridized carbons (Fsp3) is 0.462. The fourth-order valence-electron chi connectivity index (χ4n) is 1.88. The Bertz CT molecular complexity index is 492. The predicted molar refractivity (Wildman–Crippen MR) is 77.6 cm³/mol. The van der Waals surface area contributed by atoms with Gasteiger partial charge in [-0.2, -0.15) is 0 Å². The number of nitrogens with two attached hydrogens (primary N) is 1. The number of aliphatic carboxylic acids is 1. The van der Waals surface area contributed by atoms with Gasteiger partial charge in [-0.05, 0) is 22.4 Å². The van der Waals surface area contributed by atoms with Crippen LogP contribution in [0, 0.1) is 0 Å². The molecule has 0 heterocycles. The van der Waals surface area contributed by atoms with Crippen LogP contribution in [0.3, 0.4) is 0 Å². The second-order valence-electron chi connectivity index (χ2n) is 4.08. The van der Waals surface area contributed by atoms with Crippen LogP contribution in [0.5, 0.6) is 17.2 Å². The number of halogens is 1. The Labute approximate surface area is 125 Å². The first-order valence-electron chi connectivity index (χ1n) is 5.91. The highest BCUT2D eigenvalue weighted by Crippen LogP contribution is 2.45. The van der Waals surface area contributed by atoms with Crippen molar-refractivity contribution in [2.24, 2.45) is 5.73 Å². The lowest BCUT2D eigenvalue weighted by Gasteiger charge is -2.20. The Morgan fingerprint density at radius 3 is 2.35 bits per heavy atom. The summed E-state index contributed by atoms with van der Waals surface area (Å²) in [5, 5.41) is 8.74. The van der Waals surface area contributed by atoms with Crippen LogP contribution in [0.15, 0.2) is 10.5 Å². The molecule has 20 heavy (non-hydrogen) atoms. The van der Waals surface area contributed by atoms with E-state index in [1.54, 1.807) is 6.07 Å². The summed E-state index contributed by atoms with van der Waals surface area (Å²) in [6, 6.07) is 1.18. The fourth-order valence-corrected chi connectivity index (χ4v) is 2.73. The summed E-state index contributed by atoms with van der Waals surface area (Å²) in [5.41, 5.74) is 6.72. The number of rotatable bonds is 7. The Morgan fingerprint density at radius 1 is 1.30 bits per heavy atom. The van der Waals surface area contributed by atoms with Gasteiger partial charge in [0.1, 0.15) is 5.75 Å². The summed E-state index contributed by atoms with van der Waals surface area (Å²) in [6.45, 7) is 0. The first-order chi connectivity index (χ1) is 9.46. The van der Waals surface area contributed by atoms with Crippen LogP contribution in [0.2, 0.25) is 0 Å². The third-order valence-electron chi connectivity index (χ3n) is 2.87. The number of methoxy groups -OCH3 is 3. The molecule has 0 radical (unpaired) electrons. The smallest absolute Gasteiger partial charge is 0.303 e. The van der Waals surface area contributed by atoms with Crippen molar-refractivity contribution in [3.63, 3.8) is 0 Å². The van der Waals surface area contributed by atoms with Crippen LogP contribution in [0.1, 0.15) is 24.4 Å². The number of hydrogen-bond acceptors (Lipinski definition) is 5. The lowest BCUT2D eigenvalue weighted by molar-refractivity contribution is -0.137. The van der Waals surface area contributed by atoms with Gasteiger partial charge in [0.25, 0.3) is 0 Å². The van der Waals surface area contributed by atoms with E-state index in [1.807, 2.05) is 0 Å². The Balaban J connectivity index is 3.25. The molecule has 0 aliphatic rings. The SMILES string of the molecule is COc1cc(OC)c(C(N)CCC(=O)O)c(Br)c1OC. The van der Waals surface area contributed by atoms with E-state index in [4.69, 9.17) is 25.1 Å². The molecule has 7 heteroatoms. The molecule has 1 atom stereocenters. The molecule has 0 saturated carbocycles. The summed E-state index contributed by atoms with van der Waals surface area (Å²) in [4.78, 5) is 10.7. The van der Waals surface area contributed by atoms with Gasteiger partial charge in [-0.15, -0.1) is 0 Å². The first kappa shape index (κ1) is 16.6. The summed E-state index contributed by atoms with van der Waals surface area (Å²) in [7, 11) is 4.55. The first-order valence-corrected chi connectivity index (χ1v) is 6.71. The van der Waals surface area contributed by atoms with Gasteiger partial charge in [0.15, 0.2) is 11.5 Å². The normalized spacial score (nSPS) is 11.8. The zero-order valence-corrected chi connectivity index (χ0v) is 13.2. The third-order valence-corrected chi connectivity index (χ3v) is 3.66. The Morgan fingerprint density at radius 2 is 1.90 bits per heavy atom. The molecule has 0 aliphatic heterocycles. The minimum atomic E-state index is -0.893. The van der Waals surface area contributed by atoms with Crippen molar-refractivity contribution in [1.29, 1.82) is 0 Å². The van der Waals surface area contributed by atoms with Gasteiger partial charge in [0.2, 0.25) is 0 Å². The van der Waals surface area contributed by atoms with Gasteiger partial charge in [-0.3, -0.25) is 4.79 Å². The summed E-state index contributed by atoms with van der Waals surface area (Å²) >= 11 is 3.42. The maximum absolute atomic E-state index is 10.7. The van der Waals surface area contributed by atoms with Crippen LogP contribution in [0.25, 0.3) is 0 Å². The monoisotopic (exact) mass is 347 g/mol. The topological polar surface area (TPSA) is 91.0 Å². The van der Waals surface area contributed by atoms with E-state index < -0.39 is 12.0 Å². The van der Waals surface area contributed by atoms with E-state index in [-0.39, 0.29) is 6.42 Å². The van der Waals surface area contributed by atoms with Crippen LogP contribution in [-0.2, 0) is 4.79 Å². The highest BCUT2D eigenvalue weighted by molar-refractivity contribution is 9.10. The molecular formula is C13H18BrNO5. The molecule has 1 aromatic carbocycles. The zero-order chi connectivity index (χ0) is 15.3. The largest absolute Gasteiger partial charge is 0.496 e.